The van der Waals surface area contributed by atoms with E-state index in [-0.39, 0.29) is 5.91 Å². The molecule has 0 radical (unpaired) electrons. The summed E-state index contributed by atoms with van der Waals surface area (Å²) >= 11 is 0. The van der Waals surface area contributed by atoms with Crippen LogP contribution in [0.25, 0.3) is 0 Å². The van der Waals surface area contributed by atoms with Crippen LogP contribution in [0.4, 0.5) is 5.69 Å². The largest absolute Gasteiger partial charge is 0.388 e. The van der Waals surface area contributed by atoms with Crippen LogP contribution >= 0.6 is 0 Å². The second-order valence-corrected chi connectivity index (χ2v) is 5.94. The van der Waals surface area contributed by atoms with Crippen molar-refractivity contribution >= 4 is 11.6 Å². The Bertz CT molecular complexity index is 481. The summed E-state index contributed by atoms with van der Waals surface area (Å²) in [6.45, 7) is 7.21. The van der Waals surface area contributed by atoms with Crippen molar-refractivity contribution in [3.63, 3.8) is 0 Å². The SMILES string of the molecule is CNc1ccc(C(=O)NCC(C)N2CCCCC2)c(C)c1. The van der Waals surface area contributed by atoms with Crippen molar-refractivity contribution < 1.29 is 4.79 Å². The van der Waals surface area contributed by atoms with Crippen molar-refractivity contribution in [2.75, 3.05) is 32.0 Å². The summed E-state index contributed by atoms with van der Waals surface area (Å²) < 4.78 is 0. The Morgan fingerprint density at radius 3 is 2.62 bits per heavy atom. The zero-order valence-corrected chi connectivity index (χ0v) is 13.4. The normalized spacial score (nSPS) is 17.3. The summed E-state index contributed by atoms with van der Waals surface area (Å²) in [5, 5.41) is 6.16. The Labute approximate surface area is 127 Å². The first kappa shape index (κ1) is 15.8. The summed E-state index contributed by atoms with van der Waals surface area (Å²) in [4.78, 5) is 14.8. The van der Waals surface area contributed by atoms with Gasteiger partial charge in [0.1, 0.15) is 0 Å². The third-order valence-electron chi connectivity index (χ3n) is 4.33. The highest BCUT2D eigenvalue weighted by molar-refractivity contribution is 5.96. The molecule has 2 N–H and O–H groups in total. The highest BCUT2D eigenvalue weighted by atomic mass is 16.1. The van der Waals surface area contributed by atoms with Gasteiger partial charge in [0.15, 0.2) is 0 Å². The monoisotopic (exact) mass is 289 g/mol. The van der Waals surface area contributed by atoms with E-state index in [0.717, 1.165) is 29.9 Å². The first-order chi connectivity index (χ1) is 10.1. The van der Waals surface area contributed by atoms with Crippen LogP contribution in [0.3, 0.4) is 0 Å². The molecule has 0 spiro atoms. The number of hydrogen-bond acceptors (Lipinski definition) is 3. The second kappa shape index (κ2) is 7.46. The van der Waals surface area contributed by atoms with Gasteiger partial charge in [-0.05, 0) is 63.5 Å². The molecule has 2 rings (SSSR count). The maximum atomic E-state index is 12.3. The van der Waals surface area contributed by atoms with Crippen LogP contribution in [-0.4, -0.2) is 43.5 Å². The molecule has 1 heterocycles. The number of carbonyl (C=O) groups excluding carboxylic acids is 1. The van der Waals surface area contributed by atoms with Gasteiger partial charge in [0, 0.05) is 30.9 Å². The third-order valence-corrected chi connectivity index (χ3v) is 4.33. The van der Waals surface area contributed by atoms with Crippen molar-refractivity contribution in [1.82, 2.24) is 10.2 Å². The Balaban J connectivity index is 1.89. The minimum atomic E-state index is 0.0269. The molecule has 116 valence electrons. The Kier molecular flexibility index (Phi) is 5.62. The molecule has 1 atom stereocenters. The van der Waals surface area contributed by atoms with E-state index in [1.54, 1.807) is 0 Å². The Hall–Kier alpha value is -1.55. The molecule has 4 heteroatoms. The van der Waals surface area contributed by atoms with Crippen molar-refractivity contribution in [2.45, 2.75) is 39.2 Å². The van der Waals surface area contributed by atoms with Gasteiger partial charge in [-0.25, -0.2) is 0 Å². The highest BCUT2D eigenvalue weighted by Crippen LogP contribution is 2.15. The zero-order chi connectivity index (χ0) is 15.2. The quantitative estimate of drug-likeness (QED) is 0.876. The number of nitrogens with one attached hydrogen (secondary N) is 2. The summed E-state index contributed by atoms with van der Waals surface area (Å²) in [6, 6.07) is 6.24. The van der Waals surface area contributed by atoms with Gasteiger partial charge in [-0.2, -0.15) is 0 Å². The summed E-state index contributed by atoms with van der Waals surface area (Å²) in [5.41, 5.74) is 2.80. The van der Waals surface area contributed by atoms with Crippen LogP contribution in [0.2, 0.25) is 0 Å². The Morgan fingerprint density at radius 2 is 2.00 bits per heavy atom. The predicted octanol–water partition coefficient (Wildman–Crippen LogP) is 2.64. The van der Waals surface area contributed by atoms with Crippen molar-refractivity contribution in [2.24, 2.45) is 0 Å². The Morgan fingerprint density at radius 1 is 1.29 bits per heavy atom. The fraction of sp³-hybridized carbons (Fsp3) is 0.588. The standard InChI is InChI=1S/C17H27N3O/c1-13-11-15(18-3)7-8-16(13)17(21)19-12-14(2)20-9-5-4-6-10-20/h7-8,11,14,18H,4-6,9-10,12H2,1-3H3,(H,19,21). The van der Waals surface area contributed by atoms with E-state index in [0.29, 0.717) is 12.6 Å². The van der Waals surface area contributed by atoms with Crippen LogP contribution in [0.1, 0.15) is 42.1 Å². The maximum absolute atomic E-state index is 12.3. The molecule has 1 aromatic rings. The molecular weight excluding hydrogens is 262 g/mol. The fourth-order valence-electron chi connectivity index (χ4n) is 2.90. The number of likely N-dealkylation sites (tertiary alicyclic amines) is 1. The molecule has 0 bridgehead atoms. The van der Waals surface area contributed by atoms with Gasteiger partial charge in [-0.3, -0.25) is 9.69 Å². The molecule has 4 nitrogen and oxygen atoms in total. The van der Waals surface area contributed by atoms with E-state index in [1.165, 1.54) is 19.3 Å². The molecule has 1 fully saturated rings. The second-order valence-electron chi connectivity index (χ2n) is 5.94. The number of nitrogens with zero attached hydrogens (tertiary/aromatic N) is 1. The van der Waals surface area contributed by atoms with Crippen LogP contribution in [0.15, 0.2) is 18.2 Å². The molecule has 0 saturated carbocycles. The number of aryl methyl sites for hydroxylation is 1. The first-order valence-electron chi connectivity index (χ1n) is 7.92. The molecule has 1 saturated heterocycles. The molecule has 21 heavy (non-hydrogen) atoms. The van der Waals surface area contributed by atoms with E-state index >= 15 is 0 Å². The molecule has 0 aliphatic carbocycles. The molecule has 1 amide bonds. The summed E-state index contributed by atoms with van der Waals surface area (Å²) in [5.74, 6) is 0.0269. The lowest BCUT2D eigenvalue weighted by molar-refractivity contribution is 0.0929. The van der Waals surface area contributed by atoms with Gasteiger partial charge >= 0.3 is 0 Å². The highest BCUT2D eigenvalue weighted by Gasteiger charge is 2.17. The van der Waals surface area contributed by atoms with Gasteiger partial charge in [0.25, 0.3) is 5.91 Å². The van der Waals surface area contributed by atoms with E-state index in [2.05, 4.69) is 22.5 Å². The number of amides is 1. The number of benzene rings is 1. The predicted molar refractivity (Wildman–Crippen MR) is 87.9 cm³/mol. The average Bonchev–Trinajstić information content (AvgIpc) is 2.52. The van der Waals surface area contributed by atoms with Crippen LogP contribution in [0, 0.1) is 6.92 Å². The minimum absolute atomic E-state index is 0.0269. The lowest BCUT2D eigenvalue weighted by Gasteiger charge is -2.32. The lowest BCUT2D eigenvalue weighted by Crippen LogP contribution is -2.44. The molecular formula is C17H27N3O. The van der Waals surface area contributed by atoms with Crippen LogP contribution in [-0.2, 0) is 0 Å². The lowest BCUT2D eigenvalue weighted by atomic mass is 10.1. The number of rotatable bonds is 5. The van der Waals surface area contributed by atoms with E-state index < -0.39 is 0 Å². The third kappa shape index (κ3) is 4.21. The number of hydrogen-bond donors (Lipinski definition) is 2. The zero-order valence-electron chi connectivity index (χ0n) is 13.4. The summed E-state index contributed by atoms with van der Waals surface area (Å²) in [6.07, 6.45) is 3.90. The first-order valence-corrected chi connectivity index (χ1v) is 7.92. The van der Waals surface area contributed by atoms with Crippen molar-refractivity contribution in [3.05, 3.63) is 29.3 Å². The van der Waals surface area contributed by atoms with Gasteiger partial charge in [0.2, 0.25) is 0 Å². The van der Waals surface area contributed by atoms with Crippen molar-refractivity contribution in [3.8, 4) is 0 Å². The molecule has 1 unspecified atom stereocenters. The topological polar surface area (TPSA) is 44.4 Å². The molecule has 0 aromatic heterocycles. The fourth-order valence-corrected chi connectivity index (χ4v) is 2.90. The van der Waals surface area contributed by atoms with E-state index in [9.17, 15) is 4.79 Å². The smallest absolute Gasteiger partial charge is 0.251 e. The van der Waals surface area contributed by atoms with Crippen molar-refractivity contribution in [1.29, 1.82) is 0 Å². The van der Waals surface area contributed by atoms with E-state index in [4.69, 9.17) is 0 Å². The average molecular weight is 289 g/mol. The number of piperidine rings is 1. The van der Waals surface area contributed by atoms with E-state index in [1.807, 2.05) is 32.2 Å². The van der Waals surface area contributed by atoms with Gasteiger partial charge in [0.05, 0.1) is 0 Å². The molecule has 1 aliphatic heterocycles. The summed E-state index contributed by atoms with van der Waals surface area (Å²) in [7, 11) is 1.88. The minimum Gasteiger partial charge on any atom is -0.388 e. The van der Waals surface area contributed by atoms with Gasteiger partial charge in [-0.1, -0.05) is 6.42 Å². The van der Waals surface area contributed by atoms with Gasteiger partial charge in [-0.15, -0.1) is 0 Å². The van der Waals surface area contributed by atoms with Gasteiger partial charge < -0.3 is 10.6 Å². The van der Waals surface area contributed by atoms with Crippen LogP contribution < -0.4 is 10.6 Å². The molecule has 1 aliphatic rings. The number of anilines is 1. The van der Waals surface area contributed by atoms with Crippen LogP contribution in [0.5, 0.6) is 0 Å². The number of carbonyl (C=O) groups is 1. The molecule has 1 aromatic carbocycles. The maximum Gasteiger partial charge on any atom is 0.251 e.